The molecule has 0 atom stereocenters. The second kappa shape index (κ2) is 6.11. The number of H-pyrrole nitrogens is 1. The van der Waals surface area contributed by atoms with Crippen molar-refractivity contribution in [3.05, 3.63) is 51.8 Å². The zero-order chi connectivity index (χ0) is 17.4. The third kappa shape index (κ3) is 2.91. The van der Waals surface area contributed by atoms with Crippen LogP contribution < -0.4 is 0 Å². The summed E-state index contributed by atoms with van der Waals surface area (Å²) in [4.78, 5) is 28.4. The summed E-state index contributed by atoms with van der Waals surface area (Å²) in [5, 5.41) is 7.10. The van der Waals surface area contributed by atoms with Crippen LogP contribution in [-0.4, -0.2) is 52.5 Å². The Morgan fingerprint density at radius 1 is 1.17 bits per heavy atom. The van der Waals surface area contributed by atoms with Gasteiger partial charge in [0.25, 0.3) is 11.8 Å². The standard InChI is InChI=1S/C18H22N4O2/c1-11-7-12(2)9-13(8-11)17(23)22-6-5-15-14(10-22)16(20-19-15)18(24)21(3)4/h7-9H,5-6,10H2,1-4H3,(H,19,20). The molecular weight excluding hydrogens is 304 g/mol. The van der Waals surface area contributed by atoms with Gasteiger partial charge in [-0.2, -0.15) is 5.10 Å². The maximum Gasteiger partial charge on any atom is 0.274 e. The Kier molecular flexibility index (Phi) is 4.13. The first-order valence-electron chi connectivity index (χ1n) is 8.02. The molecule has 0 saturated carbocycles. The van der Waals surface area contributed by atoms with Gasteiger partial charge in [0.2, 0.25) is 0 Å². The predicted molar refractivity (Wildman–Crippen MR) is 91.0 cm³/mol. The van der Waals surface area contributed by atoms with E-state index in [-0.39, 0.29) is 11.8 Å². The molecule has 0 radical (unpaired) electrons. The number of aromatic nitrogens is 2. The Labute approximate surface area is 141 Å². The van der Waals surface area contributed by atoms with Gasteiger partial charge >= 0.3 is 0 Å². The lowest BCUT2D eigenvalue weighted by molar-refractivity contribution is 0.0726. The number of nitrogens with one attached hydrogen (secondary N) is 1. The van der Waals surface area contributed by atoms with Crippen LogP contribution in [0.1, 0.15) is 43.2 Å². The van der Waals surface area contributed by atoms with E-state index in [1.807, 2.05) is 26.0 Å². The molecule has 6 heteroatoms. The molecule has 0 spiro atoms. The monoisotopic (exact) mass is 326 g/mol. The quantitative estimate of drug-likeness (QED) is 0.917. The van der Waals surface area contributed by atoms with Crippen LogP contribution in [0.2, 0.25) is 0 Å². The summed E-state index contributed by atoms with van der Waals surface area (Å²) in [6, 6.07) is 5.87. The lowest BCUT2D eigenvalue weighted by Crippen LogP contribution is -2.37. The SMILES string of the molecule is Cc1cc(C)cc(C(=O)N2CCc3[nH]nc(C(=O)N(C)C)c3C2)c1. The van der Waals surface area contributed by atoms with Crippen LogP contribution >= 0.6 is 0 Å². The van der Waals surface area contributed by atoms with E-state index in [4.69, 9.17) is 0 Å². The van der Waals surface area contributed by atoms with Gasteiger partial charge in [0.15, 0.2) is 5.69 Å². The van der Waals surface area contributed by atoms with Gasteiger partial charge in [-0.25, -0.2) is 0 Å². The zero-order valence-electron chi connectivity index (χ0n) is 14.5. The molecule has 1 N–H and O–H groups in total. The molecule has 1 aliphatic heterocycles. The van der Waals surface area contributed by atoms with Crippen LogP contribution in [0.4, 0.5) is 0 Å². The van der Waals surface area contributed by atoms with Crippen molar-refractivity contribution < 1.29 is 9.59 Å². The minimum absolute atomic E-state index is 0.00287. The third-order valence-electron chi connectivity index (χ3n) is 4.30. The summed E-state index contributed by atoms with van der Waals surface area (Å²) in [5.74, 6) is -0.148. The number of amides is 2. The third-order valence-corrected chi connectivity index (χ3v) is 4.30. The van der Waals surface area contributed by atoms with Gasteiger partial charge in [-0.1, -0.05) is 17.2 Å². The fraction of sp³-hybridized carbons (Fsp3) is 0.389. The summed E-state index contributed by atoms with van der Waals surface area (Å²) >= 11 is 0. The molecule has 2 heterocycles. The van der Waals surface area contributed by atoms with Crippen molar-refractivity contribution in [1.82, 2.24) is 20.0 Å². The number of benzene rings is 1. The fourth-order valence-electron chi connectivity index (χ4n) is 3.14. The molecule has 0 saturated heterocycles. The molecule has 0 fully saturated rings. The first-order chi connectivity index (χ1) is 11.4. The van der Waals surface area contributed by atoms with E-state index in [1.54, 1.807) is 19.0 Å². The largest absolute Gasteiger partial charge is 0.343 e. The van der Waals surface area contributed by atoms with E-state index in [9.17, 15) is 9.59 Å². The molecule has 0 bridgehead atoms. The van der Waals surface area contributed by atoms with Crippen LogP contribution in [0.15, 0.2) is 18.2 Å². The van der Waals surface area contributed by atoms with E-state index < -0.39 is 0 Å². The first kappa shape index (κ1) is 16.2. The molecule has 2 amide bonds. The van der Waals surface area contributed by atoms with E-state index >= 15 is 0 Å². The predicted octanol–water partition coefficient (Wildman–Crippen LogP) is 1.93. The topological polar surface area (TPSA) is 69.3 Å². The molecule has 0 aliphatic carbocycles. The maximum absolute atomic E-state index is 12.9. The summed E-state index contributed by atoms with van der Waals surface area (Å²) in [6.07, 6.45) is 0.680. The van der Waals surface area contributed by atoms with Gasteiger partial charge in [-0.15, -0.1) is 0 Å². The van der Waals surface area contributed by atoms with Crippen molar-refractivity contribution in [2.45, 2.75) is 26.8 Å². The average molecular weight is 326 g/mol. The normalized spacial score (nSPS) is 13.6. The number of aromatic amines is 1. The van der Waals surface area contributed by atoms with E-state index in [2.05, 4.69) is 16.3 Å². The molecule has 3 rings (SSSR count). The van der Waals surface area contributed by atoms with Crippen molar-refractivity contribution in [1.29, 1.82) is 0 Å². The molecule has 0 unspecified atom stereocenters. The van der Waals surface area contributed by atoms with Gasteiger partial charge in [0.1, 0.15) is 0 Å². The van der Waals surface area contributed by atoms with E-state index in [1.165, 1.54) is 4.90 Å². The van der Waals surface area contributed by atoms with Crippen molar-refractivity contribution in [3.8, 4) is 0 Å². The summed E-state index contributed by atoms with van der Waals surface area (Å²) < 4.78 is 0. The second-order valence-electron chi connectivity index (χ2n) is 6.58. The molecule has 1 aromatic heterocycles. The number of hydrogen-bond donors (Lipinski definition) is 1. The highest BCUT2D eigenvalue weighted by molar-refractivity contribution is 5.96. The molecular formula is C18H22N4O2. The Bertz CT molecular complexity index is 787. The highest BCUT2D eigenvalue weighted by atomic mass is 16.2. The highest BCUT2D eigenvalue weighted by Crippen LogP contribution is 2.23. The summed E-state index contributed by atoms with van der Waals surface area (Å²) in [7, 11) is 3.40. The minimum Gasteiger partial charge on any atom is -0.343 e. The fourth-order valence-corrected chi connectivity index (χ4v) is 3.14. The van der Waals surface area contributed by atoms with Gasteiger partial charge in [0.05, 0.1) is 6.54 Å². The Balaban J connectivity index is 1.88. The van der Waals surface area contributed by atoms with Crippen LogP contribution in [0.25, 0.3) is 0 Å². The number of nitrogens with zero attached hydrogens (tertiary/aromatic N) is 3. The number of carbonyl (C=O) groups excluding carboxylic acids is 2. The lowest BCUT2D eigenvalue weighted by atomic mass is 10.0. The van der Waals surface area contributed by atoms with Gasteiger partial charge in [-0.3, -0.25) is 14.7 Å². The minimum atomic E-state index is -0.145. The smallest absolute Gasteiger partial charge is 0.274 e. The van der Waals surface area contributed by atoms with Crippen molar-refractivity contribution in [3.63, 3.8) is 0 Å². The summed E-state index contributed by atoms with van der Waals surface area (Å²) in [5.41, 5.74) is 5.03. The van der Waals surface area contributed by atoms with Gasteiger partial charge in [0, 0.05) is 43.9 Å². The molecule has 6 nitrogen and oxygen atoms in total. The van der Waals surface area contributed by atoms with E-state index in [0.717, 1.165) is 22.4 Å². The molecule has 24 heavy (non-hydrogen) atoms. The second-order valence-corrected chi connectivity index (χ2v) is 6.58. The summed E-state index contributed by atoms with van der Waals surface area (Å²) in [6.45, 7) is 5.01. The number of fused-ring (bicyclic) bond motifs is 1. The first-order valence-corrected chi connectivity index (χ1v) is 8.02. The van der Waals surface area contributed by atoms with Crippen LogP contribution in [-0.2, 0) is 13.0 Å². The van der Waals surface area contributed by atoms with Crippen LogP contribution in [0.5, 0.6) is 0 Å². The van der Waals surface area contributed by atoms with Crippen molar-refractivity contribution in [2.75, 3.05) is 20.6 Å². The molecule has 126 valence electrons. The number of aryl methyl sites for hydroxylation is 2. The van der Waals surface area contributed by atoms with Crippen molar-refractivity contribution >= 4 is 11.8 Å². The van der Waals surface area contributed by atoms with Crippen LogP contribution in [0, 0.1) is 13.8 Å². The number of hydrogen-bond acceptors (Lipinski definition) is 3. The Morgan fingerprint density at radius 2 is 1.83 bits per heavy atom. The Morgan fingerprint density at radius 3 is 2.46 bits per heavy atom. The highest BCUT2D eigenvalue weighted by Gasteiger charge is 2.28. The number of carbonyl (C=O) groups is 2. The van der Waals surface area contributed by atoms with E-state index in [0.29, 0.717) is 30.8 Å². The van der Waals surface area contributed by atoms with Gasteiger partial charge < -0.3 is 9.80 Å². The Hall–Kier alpha value is -2.63. The molecule has 2 aromatic rings. The molecule has 1 aliphatic rings. The van der Waals surface area contributed by atoms with Gasteiger partial charge in [-0.05, 0) is 26.0 Å². The zero-order valence-corrected chi connectivity index (χ0v) is 14.5. The average Bonchev–Trinajstić information content (AvgIpc) is 2.95. The van der Waals surface area contributed by atoms with Crippen LogP contribution in [0.3, 0.4) is 0 Å². The lowest BCUT2D eigenvalue weighted by Gasteiger charge is -2.27. The molecule has 1 aromatic carbocycles. The maximum atomic E-state index is 12.9. The van der Waals surface area contributed by atoms with Crippen molar-refractivity contribution in [2.24, 2.45) is 0 Å². The number of rotatable bonds is 2.